The number of ether oxygens (including phenoxy) is 1. The Bertz CT molecular complexity index is 1220. The first-order valence-electron chi connectivity index (χ1n) is 10.4. The molecule has 0 aliphatic heterocycles. The van der Waals surface area contributed by atoms with Crippen molar-refractivity contribution in [3.8, 4) is 11.3 Å². The molecule has 0 aliphatic carbocycles. The summed E-state index contributed by atoms with van der Waals surface area (Å²) in [6.45, 7) is 3.97. The highest BCUT2D eigenvalue weighted by molar-refractivity contribution is 5.97. The summed E-state index contributed by atoms with van der Waals surface area (Å²) in [7, 11) is 0. The molecule has 2 aromatic heterocycles. The predicted molar refractivity (Wildman–Crippen MR) is 121 cm³/mol. The number of hydrogen-bond donors (Lipinski definition) is 0. The van der Waals surface area contributed by atoms with Crippen LogP contribution in [0.1, 0.15) is 29.8 Å². The summed E-state index contributed by atoms with van der Waals surface area (Å²) < 4.78 is 6.95. The summed E-state index contributed by atoms with van der Waals surface area (Å²) in [5.74, 6) is -0.888. The van der Waals surface area contributed by atoms with Gasteiger partial charge in [-0.2, -0.15) is 5.10 Å². The Morgan fingerprint density at radius 3 is 2.38 bits per heavy atom. The van der Waals surface area contributed by atoms with E-state index in [1.54, 1.807) is 15.6 Å². The van der Waals surface area contributed by atoms with E-state index in [9.17, 15) is 9.59 Å². The Labute approximate surface area is 186 Å². The molecular formula is C25H24N4O3. The number of fused-ring (bicyclic) bond motifs is 1. The fourth-order valence-electron chi connectivity index (χ4n) is 3.49. The molecule has 4 aromatic rings. The van der Waals surface area contributed by atoms with Gasteiger partial charge in [0.15, 0.2) is 12.3 Å². The molecule has 0 N–H and O–H groups in total. The SMILES string of the molecule is CC(C)N(Cc1ccccc1)C(=O)COC(=O)c1cnn2c(-c3ccccc3)ccnc12. The summed E-state index contributed by atoms with van der Waals surface area (Å²) in [5, 5.41) is 4.32. The Morgan fingerprint density at radius 1 is 1.00 bits per heavy atom. The average molecular weight is 428 g/mol. The maximum Gasteiger partial charge on any atom is 0.344 e. The first-order valence-corrected chi connectivity index (χ1v) is 10.4. The van der Waals surface area contributed by atoms with Crippen molar-refractivity contribution in [2.24, 2.45) is 0 Å². The van der Waals surface area contributed by atoms with Crippen molar-refractivity contribution < 1.29 is 14.3 Å². The van der Waals surface area contributed by atoms with Gasteiger partial charge < -0.3 is 9.64 Å². The second-order valence-electron chi connectivity index (χ2n) is 7.67. The van der Waals surface area contributed by atoms with E-state index in [1.807, 2.05) is 80.6 Å². The number of benzene rings is 2. The minimum absolute atomic E-state index is 0.0338. The first kappa shape index (κ1) is 21.2. The second kappa shape index (κ2) is 9.43. The topological polar surface area (TPSA) is 76.8 Å². The van der Waals surface area contributed by atoms with Gasteiger partial charge >= 0.3 is 5.97 Å². The van der Waals surface area contributed by atoms with Crippen LogP contribution >= 0.6 is 0 Å². The van der Waals surface area contributed by atoms with Gasteiger partial charge in [0.25, 0.3) is 5.91 Å². The van der Waals surface area contributed by atoms with Gasteiger partial charge in [-0.05, 0) is 25.5 Å². The molecule has 0 unspecified atom stereocenters. The highest BCUT2D eigenvalue weighted by atomic mass is 16.5. The molecule has 0 atom stereocenters. The van der Waals surface area contributed by atoms with Crippen LogP contribution in [0.15, 0.2) is 79.1 Å². The fraction of sp³-hybridized carbons (Fsp3) is 0.200. The van der Waals surface area contributed by atoms with Gasteiger partial charge in [0.1, 0.15) is 5.56 Å². The summed E-state index contributed by atoms with van der Waals surface area (Å²) in [6.07, 6.45) is 3.05. The van der Waals surface area contributed by atoms with Gasteiger partial charge in [-0.3, -0.25) is 4.79 Å². The van der Waals surface area contributed by atoms with E-state index in [4.69, 9.17) is 4.74 Å². The zero-order valence-corrected chi connectivity index (χ0v) is 18.0. The van der Waals surface area contributed by atoms with Crippen LogP contribution in [0.5, 0.6) is 0 Å². The van der Waals surface area contributed by atoms with Gasteiger partial charge in [-0.15, -0.1) is 0 Å². The Hall–Kier alpha value is -4.00. The number of carbonyl (C=O) groups is 2. The van der Waals surface area contributed by atoms with Crippen LogP contribution in [-0.4, -0.2) is 44.0 Å². The number of amides is 1. The normalized spacial score (nSPS) is 11.0. The standard InChI is InChI=1S/C25H24N4O3/c1-18(2)28(16-19-9-5-3-6-10-19)23(30)17-32-25(31)21-15-27-29-22(13-14-26-24(21)29)20-11-7-4-8-12-20/h3-15,18H,16-17H2,1-2H3. The summed E-state index contributed by atoms with van der Waals surface area (Å²) >= 11 is 0. The van der Waals surface area contributed by atoms with E-state index in [-0.39, 0.29) is 24.1 Å². The van der Waals surface area contributed by atoms with Crippen molar-refractivity contribution in [1.29, 1.82) is 0 Å². The van der Waals surface area contributed by atoms with Crippen molar-refractivity contribution in [3.63, 3.8) is 0 Å². The predicted octanol–water partition coefficient (Wildman–Crippen LogP) is 3.99. The number of esters is 1. The zero-order valence-electron chi connectivity index (χ0n) is 18.0. The van der Waals surface area contributed by atoms with Crippen LogP contribution in [0.2, 0.25) is 0 Å². The second-order valence-corrected chi connectivity index (χ2v) is 7.67. The van der Waals surface area contributed by atoms with E-state index in [1.165, 1.54) is 6.20 Å². The molecule has 7 heteroatoms. The van der Waals surface area contributed by atoms with E-state index < -0.39 is 5.97 Å². The van der Waals surface area contributed by atoms with Crippen LogP contribution in [0, 0.1) is 0 Å². The summed E-state index contributed by atoms with van der Waals surface area (Å²) in [6, 6.07) is 21.2. The first-order chi connectivity index (χ1) is 15.5. The third-order valence-corrected chi connectivity index (χ3v) is 5.16. The molecule has 1 amide bonds. The maximum absolute atomic E-state index is 12.8. The van der Waals surface area contributed by atoms with Crippen LogP contribution in [0.25, 0.3) is 16.9 Å². The molecule has 162 valence electrons. The van der Waals surface area contributed by atoms with Crippen molar-refractivity contribution in [3.05, 3.63) is 90.3 Å². The third kappa shape index (κ3) is 4.51. The van der Waals surface area contributed by atoms with Crippen LogP contribution in [-0.2, 0) is 16.1 Å². The average Bonchev–Trinajstić information content (AvgIpc) is 3.26. The van der Waals surface area contributed by atoms with Crippen LogP contribution in [0.4, 0.5) is 0 Å². The molecule has 0 saturated heterocycles. The Balaban J connectivity index is 1.48. The van der Waals surface area contributed by atoms with E-state index >= 15 is 0 Å². The van der Waals surface area contributed by atoms with Gasteiger partial charge in [-0.25, -0.2) is 14.3 Å². The number of carbonyl (C=O) groups excluding carboxylic acids is 2. The van der Waals surface area contributed by atoms with Gasteiger partial charge in [0.05, 0.1) is 11.9 Å². The Kier molecular flexibility index (Phi) is 6.26. The lowest BCUT2D eigenvalue weighted by atomic mass is 10.1. The third-order valence-electron chi connectivity index (χ3n) is 5.16. The van der Waals surface area contributed by atoms with Crippen molar-refractivity contribution in [1.82, 2.24) is 19.5 Å². The van der Waals surface area contributed by atoms with Crippen molar-refractivity contribution >= 4 is 17.5 Å². The van der Waals surface area contributed by atoms with Gasteiger partial charge in [0.2, 0.25) is 0 Å². The van der Waals surface area contributed by atoms with E-state index in [2.05, 4.69) is 10.1 Å². The molecule has 0 fully saturated rings. The maximum atomic E-state index is 12.8. The molecule has 32 heavy (non-hydrogen) atoms. The largest absolute Gasteiger partial charge is 0.452 e. The minimum Gasteiger partial charge on any atom is -0.452 e. The smallest absolute Gasteiger partial charge is 0.344 e. The monoisotopic (exact) mass is 428 g/mol. The summed E-state index contributed by atoms with van der Waals surface area (Å²) in [5.41, 5.74) is 3.37. The lowest BCUT2D eigenvalue weighted by Gasteiger charge is -2.26. The van der Waals surface area contributed by atoms with E-state index in [0.29, 0.717) is 12.2 Å². The molecule has 0 radical (unpaired) electrons. The minimum atomic E-state index is -0.630. The molecular weight excluding hydrogens is 404 g/mol. The highest BCUT2D eigenvalue weighted by Gasteiger charge is 2.22. The zero-order chi connectivity index (χ0) is 22.5. The lowest BCUT2D eigenvalue weighted by molar-refractivity contribution is -0.136. The molecule has 0 bridgehead atoms. The summed E-state index contributed by atoms with van der Waals surface area (Å²) in [4.78, 5) is 31.5. The molecule has 7 nitrogen and oxygen atoms in total. The lowest BCUT2D eigenvalue weighted by Crippen LogP contribution is -2.39. The van der Waals surface area contributed by atoms with Crippen LogP contribution < -0.4 is 0 Å². The molecule has 0 aliphatic rings. The molecule has 4 rings (SSSR count). The molecule has 0 saturated carbocycles. The van der Waals surface area contributed by atoms with Gasteiger partial charge in [-0.1, -0.05) is 60.7 Å². The fourth-order valence-corrected chi connectivity index (χ4v) is 3.49. The Morgan fingerprint density at radius 2 is 1.69 bits per heavy atom. The van der Waals surface area contributed by atoms with Crippen LogP contribution in [0.3, 0.4) is 0 Å². The molecule has 0 spiro atoms. The van der Waals surface area contributed by atoms with Crippen molar-refractivity contribution in [2.75, 3.05) is 6.61 Å². The van der Waals surface area contributed by atoms with Gasteiger partial charge in [0, 0.05) is 24.3 Å². The highest BCUT2D eigenvalue weighted by Crippen LogP contribution is 2.21. The molecule has 2 aromatic carbocycles. The number of hydrogen-bond acceptors (Lipinski definition) is 5. The quantitative estimate of drug-likeness (QED) is 0.416. The number of rotatable bonds is 7. The van der Waals surface area contributed by atoms with E-state index in [0.717, 1.165) is 16.8 Å². The van der Waals surface area contributed by atoms with Crippen molar-refractivity contribution in [2.45, 2.75) is 26.4 Å². The number of nitrogens with zero attached hydrogens (tertiary/aromatic N) is 4. The molecule has 2 heterocycles. The number of aromatic nitrogens is 3.